The van der Waals surface area contributed by atoms with E-state index in [4.69, 9.17) is 10.00 Å². The monoisotopic (exact) mass is 353 g/mol. The lowest BCUT2D eigenvalue weighted by molar-refractivity contribution is -0.00539. The molecular weight excluding hydrogens is 329 g/mol. The van der Waals surface area contributed by atoms with Crippen LogP contribution in [0.25, 0.3) is 0 Å². The first kappa shape index (κ1) is 18.4. The lowest BCUT2D eigenvalue weighted by Gasteiger charge is -2.37. The molecule has 1 aliphatic rings. The van der Waals surface area contributed by atoms with Gasteiger partial charge in [-0.2, -0.15) is 5.26 Å². The van der Waals surface area contributed by atoms with Crippen LogP contribution in [0.15, 0.2) is 42.5 Å². The second-order valence-electron chi connectivity index (χ2n) is 6.86. The largest absolute Gasteiger partial charge is 0.372 e. The van der Waals surface area contributed by atoms with Crippen LogP contribution in [0.4, 0.5) is 10.1 Å². The maximum absolute atomic E-state index is 14.6. The van der Waals surface area contributed by atoms with Gasteiger partial charge in [-0.25, -0.2) is 4.39 Å². The molecule has 2 aromatic carbocycles. The van der Waals surface area contributed by atoms with Gasteiger partial charge in [0.15, 0.2) is 0 Å². The molecule has 0 spiro atoms. The number of ether oxygens (including phenoxy) is 1. The molecule has 0 amide bonds. The van der Waals surface area contributed by atoms with E-state index in [1.165, 1.54) is 0 Å². The van der Waals surface area contributed by atoms with E-state index in [0.717, 1.165) is 11.1 Å². The molecule has 1 heterocycles. The summed E-state index contributed by atoms with van der Waals surface area (Å²) in [6, 6.07) is 15.0. The molecule has 2 aromatic rings. The van der Waals surface area contributed by atoms with Gasteiger partial charge in [0.25, 0.3) is 0 Å². The maximum Gasteiger partial charge on any atom is 0.146 e. The van der Waals surface area contributed by atoms with Crippen LogP contribution < -0.4 is 10.2 Å². The minimum Gasteiger partial charge on any atom is -0.372 e. The van der Waals surface area contributed by atoms with Crippen molar-refractivity contribution in [1.29, 1.82) is 5.26 Å². The SMILES string of the molecule is C[C@H]1CN(c2ccc(CNCc3cccc(C#N)c3)cc2F)C[C@H](C)O1. The summed E-state index contributed by atoms with van der Waals surface area (Å²) in [5, 5.41) is 12.2. The van der Waals surface area contributed by atoms with Crippen LogP contribution in [0.5, 0.6) is 0 Å². The van der Waals surface area contributed by atoms with E-state index < -0.39 is 0 Å². The average molecular weight is 353 g/mol. The number of hydrogen-bond acceptors (Lipinski definition) is 4. The van der Waals surface area contributed by atoms with E-state index in [1.54, 1.807) is 12.1 Å². The van der Waals surface area contributed by atoms with Gasteiger partial charge in [-0.15, -0.1) is 0 Å². The first-order valence-electron chi connectivity index (χ1n) is 8.93. The van der Waals surface area contributed by atoms with Crippen molar-refractivity contribution in [3.8, 4) is 6.07 Å². The lowest BCUT2D eigenvalue weighted by atomic mass is 10.1. The predicted octanol–water partition coefficient (Wildman–Crippen LogP) is 3.60. The molecule has 5 heteroatoms. The zero-order chi connectivity index (χ0) is 18.5. The fourth-order valence-corrected chi connectivity index (χ4v) is 3.39. The number of rotatable bonds is 5. The number of nitrogens with zero attached hydrogens (tertiary/aromatic N) is 2. The van der Waals surface area contributed by atoms with Gasteiger partial charge in [-0.3, -0.25) is 0 Å². The highest BCUT2D eigenvalue weighted by Crippen LogP contribution is 2.24. The summed E-state index contributed by atoms with van der Waals surface area (Å²) < 4.78 is 20.3. The Kier molecular flexibility index (Phi) is 5.87. The Balaban J connectivity index is 1.60. The average Bonchev–Trinajstić information content (AvgIpc) is 2.61. The Morgan fingerprint density at radius 1 is 1.12 bits per heavy atom. The van der Waals surface area contributed by atoms with Crippen LogP contribution in [-0.2, 0) is 17.8 Å². The van der Waals surface area contributed by atoms with Crippen LogP contribution >= 0.6 is 0 Å². The zero-order valence-electron chi connectivity index (χ0n) is 15.2. The van der Waals surface area contributed by atoms with Crippen LogP contribution in [0.3, 0.4) is 0 Å². The van der Waals surface area contributed by atoms with Crippen molar-refractivity contribution < 1.29 is 9.13 Å². The van der Waals surface area contributed by atoms with E-state index in [-0.39, 0.29) is 18.0 Å². The quantitative estimate of drug-likeness (QED) is 0.892. The highest BCUT2D eigenvalue weighted by atomic mass is 19.1. The summed E-state index contributed by atoms with van der Waals surface area (Å²) in [5.41, 5.74) is 3.22. The zero-order valence-corrected chi connectivity index (χ0v) is 15.2. The fraction of sp³-hybridized carbons (Fsp3) is 0.381. The molecular formula is C21H24FN3O. The third-order valence-corrected chi connectivity index (χ3v) is 4.49. The molecule has 1 saturated heterocycles. The minimum absolute atomic E-state index is 0.101. The van der Waals surface area contributed by atoms with Crippen molar-refractivity contribution in [3.05, 3.63) is 65.0 Å². The Morgan fingerprint density at radius 3 is 2.46 bits per heavy atom. The third-order valence-electron chi connectivity index (χ3n) is 4.49. The number of hydrogen-bond donors (Lipinski definition) is 1. The molecule has 136 valence electrons. The van der Waals surface area contributed by atoms with Gasteiger partial charge in [0, 0.05) is 26.2 Å². The lowest BCUT2D eigenvalue weighted by Crippen LogP contribution is -2.45. The van der Waals surface area contributed by atoms with Crippen LogP contribution in [0.1, 0.15) is 30.5 Å². The van der Waals surface area contributed by atoms with Gasteiger partial charge in [0.1, 0.15) is 5.82 Å². The molecule has 4 nitrogen and oxygen atoms in total. The second-order valence-corrected chi connectivity index (χ2v) is 6.86. The van der Waals surface area contributed by atoms with Crippen molar-refractivity contribution in [2.75, 3.05) is 18.0 Å². The Labute approximate surface area is 154 Å². The first-order valence-corrected chi connectivity index (χ1v) is 8.93. The number of morpholine rings is 1. The van der Waals surface area contributed by atoms with Crippen LogP contribution in [0.2, 0.25) is 0 Å². The van der Waals surface area contributed by atoms with Crippen molar-refractivity contribution in [3.63, 3.8) is 0 Å². The third kappa shape index (κ3) is 4.60. The molecule has 1 aliphatic heterocycles. The first-order chi connectivity index (χ1) is 12.5. The Morgan fingerprint density at radius 2 is 1.81 bits per heavy atom. The number of nitriles is 1. The van der Waals surface area contributed by atoms with Gasteiger partial charge in [-0.1, -0.05) is 18.2 Å². The van der Waals surface area contributed by atoms with Crippen LogP contribution in [-0.4, -0.2) is 25.3 Å². The standard InChI is InChI=1S/C21H24FN3O/c1-15-13-25(14-16(2)26-15)21-7-6-19(9-20(21)22)12-24-11-18-5-3-4-17(8-18)10-23/h3-9,15-16,24H,11-14H2,1-2H3/t15-,16-/m0/s1. The normalized spacial score (nSPS) is 20.0. The predicted molar refractivity (Wildman–Crippen MR) is 100 cm³/mol. The van der Waals surface area contributed by atoms with Gasteiger partial charge in [-0.05, 0) is 49.2 Å². The molecule has 0 radical (unpaired) electrons. The molecule has 1 fully saturated rings. The van der Waals surface area contributed by atoms with Crippen molar-refractivity contribution in [1.82, 2.24) is 5.32 Å². The van der Waals surface area contributed by atoms with Crippen molar-refractivity contribution in [2.45, 2.75) is 39.1 Å². The molecule has 0 aromatic heterocycles. The number of nitrogens with one attached hydrogen (secondary N) is 1. The Bertz CT molecular complexity index is 792. The smallest absolute Gasteiger partial charge is 0.146 e. The molecule has 26 heavy (non-hydrogen) atoms. The van der Waals surface area contributed by atoms with E-state index >= 15 is 0 Å². The summed E-state index contributed by atoms with van der Waals surface area (Å²) in [7, 11) is 0. The molecule has 0 aliphatic carbocycles. The number of halogens is 1. The molecule has 2 atom stereocenters. The molecule has 3 rings (SSSR count). The van der Waals surface area contributed by atoms with Gasteiger partial charge in [0.05, 0.1) is 29.5 Å². The molecule has 0 unspecified atom stereocenters. The van der Waals surface area contributed by atoms with Crippen LogP contribution in [0, 0.1) is 17.1 Å². The second kappa shape index (κ2) is 8.31. The van der Waals surface area contributed by atoms with Crippen molar-refractivity contribution in [2.24, 2.45) is 0 Å². The van der Waals surface area contributed by atoms with Gasteiger partial charge >= 0.3 is 0 Å². The number of benzene rings is 2. The summed E-state index contributed by atoms with van der Waals surface area (Å²) in [4.78, 5) is 2.05. The molecule has 0 saturated carbocycles. The van der Waals surface area contributed by atoms with Crippen molar-refractivity contribution >= 4 is 5.69 Å². The van der Waals surface area contributed by atoms with Gasteiger partial charge < -0.3 is 15.0 Å². The molecule has 0 bridgehead atoms. The van der Waals surface area contributed by atoms with E-state index in [1.807, 2.05) is 44.2 Å². The van der Waals surface area contributed by atoms with E-state index in [2.05, 4.69) is 16.3 Å². The number of anilines is 1. The summed E-state index contributed by atoms with van der Waals surface area (Å²) in [6.45, 7) is 6.64. The van der Waals surface area contributed by atoms with Gasteiger partial charge in [0.2, 0.25) is 0 Å². The van der Waals surface area contributed by atoms with E-state index in [0.29, 0.717) is 37.4 Å². The highest BCUT2D eigenvalue weighted by molar-refractivity contribution is 5.50. The highest BCUT2D eigenvalue weighted by Gasteiger charge is 2.24. The molecule has 1 N–H and O–H groups in total. The summed E-state index contributed by atoms with van der Waals surface area (Å²) >= 11 is 0. The Hall–Kier alpha value is -2.42. The maximum atomic E-state index is 14.6. The van der Waals surface area contributed by atoms with E-state index in [9.17, 15) is 4.39 Å². The summed E-state index contributed by atoms with van der Waals surface area (Å²) in [5.74, 6) is -0.197. The fourth-order valence-electron chi connectivity index (χ4n) is 3.39. The topological polar surface area (TPSA) is 48.3 Å². The summed E-state index contributed by atoms with van der Waals surface area (Å²) in [6.07, 6.45) is 0.201. The minimum atomic E-state index is -0.197.